The molecule has 0 amide bonds. The zero-order valence-corrected chi connectivity index (χ0v) is 14.4. The summed E-state index contributed by atoms with van der Waals surface area (Å²) in [5, 5.41) is 4.60. The van der Waals surface area contributed by atoms with E-state index in [-0.39, 0.29) is 5.56 Å². The van der Waals surface area contributed by atoms with Crippen LogP contribution in [0.15, 0.2) is 29.1 Å². The number of rotatable bonds is 3. The molecule has 0 bridgehead atoms. The van der Waals surface area contributed by atoms with Crippen LogP contribution < -0.4 is 10.3 Å². The van der Waals surface area contributed by atoms with Gasteiger partial charge in [0, 0.05) is 11.8 Å². The number of halogens is 1. The van der Waals surface area contributed by atoms with Gasteiger partial charge in [0.15, 0.2) is 0 Å². The van der Waals surface area contributed by atoms with E-state index in [1.807, 2.05) is 32.0 Å². The molecule has 2 heterocycles. The normalized spacial score (nSPS) is 11.0. The molecular formula is C14H12IN3O2S. The first kappa shape index (κ1) is 14.5. The lowest BCUT2D eigenvalue weighted by Gasteiger charge is -2.04. The molecule has 3 rings (SSSR count). The van der Waals surface area contributed by atoms with E-state index in [1.54, 1.807) is 0 Å². The van der Waals surface area contributed by atoms with Gasteiger partial charge in [-0.25, -0.2) is 4.98 Å². The van der Waals surface area contributed by atoms with Crippen LogP contribution in [0.2, 0.25) is 0 Å². The highest BCUT2D eigenvalue weighted by Crippen LogP contribution is 2.30. The van der Waals surface area contributed by atoms with E-state index in [4.69, 9.17) is 4.74 Å². The van der Waals surface area contributed by atoms with E-state index in [2.05, 4.69) is 32.7 Å². The average molecular weight is 413 g/mol. The number of aromatic nitrogens is 3. The molecule has 0 aliphatic heterocycles. The third-order valence-corrected chi connectivity index (χ3v) is 4.60. The van der Waals surface area contributed by atoms with Crippen LogP contribution in [-0.4, -0.2) is 14.6 Å². The van der Waals surface area contributed by atoms with E-state index in [1.165, 1.54) is 21.9 Å². The number of ether oxygens (including phenoxy) is 1. The Hall–Kier alpha value is -1.48. The molecule has 2 aromatic heterocycles. The van der Waals surface area contributed by atoms with Gasteiger partial charge in [-0.2, -0.15) is 4.52 Å². The molecular weight excluding hydrogens is 401 g/mol. The van der Waals surface area contributed by atoms with Crippen molar-refractivity contribution in [1.29, 1.82) is 0 Å². The molecule has 108 valence electrons. The topological polar surface area (TPSA) is 56.5 Å². The van der Waals surface area contributed by atoms with Crippen LogP contribution in [-0.2, 0) is 6.42 Å². The summed E-state index contributed by atoms with van der Waals surface area (Å²) in [6.07, 6.45) is 0.718. The Balaban J connectivity index is 2.03. The van der Waals surface area contributed by atoms with Gasteiger partial charge in [-0.3, -0.25) is 4.79 Å². The first-order valence-electron chi connectivity index (χ1n) is 6.40. The fraction of sp³-hybridized carbons (Fsp3) is 0.214. The summed E-state index contributed by atoms with van der Waals surface area (Å²) < 4.78 is 8.08. The standard InChI is InChI=1S/C14H12IN3O2S/c1-3-9-7-12(19)18-13(16-9)21-14(17-18)20-11-6-8(2)4-5-10(11)15/h4-7H,3H2,1-2H3. The summed E-state index contributed by atoms with van der Waals surface area (Å²) in [5.74, 6) is 0.735. The van der Waals surface area contributed by atoms with Gasteiger partial charge in [0.1, 0.15) is 5.75 Å². The molecule has 0 saturated carbocycles. The maximum Gasteiger partial charge on any atom is 0.300 e. The van der Waals surface area contributed by atoms with E-state index in [0.717, 1.165) is 27.0 Å². The molecule has 0 atom stereocenters. The van der Waals surface area contributed by atoms with E-state index >= 15 is 0 Å². The smallest absolute Gasteiger partial charge is 0.300 e. The number of fused-ring (bicyclic) bond motifs is 1. The molecule has 7 heteroatoms. The van der Waals surface area contributed by atoms with Crippen molar-refractivity contribution in [1.82, 2.24) is 14.6 Å². The zero-order chi connectivity index (χ0) is 15.0. The molecule has 1 aromatic carbocycles. The maximum atomic E-state index is 12.0. The molecule has 3 aromatic rings. The minimum atomic E-state index is -0.179. The second-order valence-corrected chi connectivity index (χ2v) is 6.62. The number of hydrogen-bond acceptors (Lipinski definition) is 5. The lowest BCUT2D eigenvalue weighted by molar-refractivity contribution is 0.466. The highest BCUT2D eigenvalue weighted by molar-refractivity contribution is 14.1. The van der Waals surface area contributed by atoms with Crippen molar-refractivity contribution in [3.05, 3.63) is 49.4 Å². The third kappa shape index (κ3) is 2.93. The Morgan fingerprint density at radius 1 is 1.38 bits per heavy atom. The lowest BCUT2D eigenvalue weighted by Crippen LogP contribution is -2.14. The second-order valence-electron chi connectivity index (χ2n) is 4.54. The van der Waals surface area contributed by atoms with Gasteiger partial charge in [0.05, 0.1) is 3.57 Å². The van der Waals surface area contributed by atoms with E-state index < -0.39 is 0 Å². The molecule has 0 fully saturated rings. The van der Waals surface area contributed by atoms with Crippen molar-refractivity contribution in [2.75, 3.05) is 0 Å². The fourth-order valence-electron chi connectivity index (χ4n) is 1.84. The molecule has 0 aliphatic rings. The summed E-state index contributed by atoms with van der Waals surface area (Å²) >= 11 is 3.47. The minimum absolute atomic E-state index is 0.179. The van der Waals surface area contributed by atoms with Crippen LogP contribution in [0, 0.1) is 10.5 Å². The van der Waals surface area contributed by atoms with E-state index in [0.29, 0.717) is 10.2 Å². The Bertz CT molecular complexity index is 872. The average Bonchev–Trinajstić information content (AvgIpc) is 2.86. The summed E-state index contributed by atoms with van der Waals surface area (Å²) in [5.41, 5.74) is 1.69. The molecule has 0 radical (unpaired) electrons. The molecule has 0 unspecified atom stereocenters. The van der Waals surface area contributed by atoms with Gasteiger partial charge >= 0.3 is 0 Å². The van der Waals surface area contributed by atoms with Crippen molar-refractivity contribution in [3.8, 4) is 10.9 Å². The van der Waals surface area contributed by atoms with Crippen LogP contribution in [0.25, 0.3) is 4.96 Å². The van der Waals surface area contributed by atoms with Crippen LogP contribution in [0.3, 0.4) is 0 Å². The predicted octanol–water partition coefficient (Wildman–Crippen LogP) is 3.42. The van der Waals surface area contributed by atoms with Gasteiger partial charge < -0.3 is 4.74 Å². The summed E-state index contributed by atoms with van der Waals surface area (Å²) in [6.45, 7) is 3.96. The molecule has 0 spiro atoms. The van der Waals surface area contributed by atoms with Crippen LogP contribution in [0.5, 0.6) is 10.9 Å². The Morgan fingerprint density at radius 2 is 2.19 bits per heavy atom. The predicted molar refractivity (Wildman–Crippen MR) is 90.5 cm³/mol. The monoisotopic (exact) mass is 413 g/mol. The Kier molecular flexibility index (Phi) is 3.94. The highest BCUT2D eigenvalue weighted by atomic mass is 127. The zero-order valence-electron chi connectivity index (χ0n) is 11.5. The van der Waals surface area contributed by atoms with Crippen molar-refractivity contribution < 1.29 is 4.74 Å². The van der Waals surface area contributed by atoms with Crippen molar-refractivity contribution in [3.63, 3.8) is 0 Å². The summed E-state index contributed by atoms with van der Waals surface area (Å²) in [6, 6.07) is 7.46. The molecule has 0 saturated heterocycles. The van der Waals surface area contributed by atoms with Gasteiger partial charge in [-0.05, 0) is 65.0 Å². The molecule has 0 N–H and O–H groups in total. The number of benzene rings is 1. The van der Waals surface area contributed by atoms with Gasteiger partial charge in [0.2, 0.25) is 4.96 Å². The number of hydrogen-bond donors (Lipinski definition) is 0. The van der Waals surface area contributed by atoms with Crippen molar-refractivity contribution in [2.24, 2.45) is 0 Å². The number of nitrogens with zero attached hydrogens (tertiary/aromatic N) is 3. The lowest BCUT2D eigenvalue weighted by atomic mass is 10.2. The summed E-state index contributed by atoms with van der Waals surface area (Å²) in [7, 11) is 0. The molecule has 21 heavy (non-hydrogen) atoms. The summed E-state index contributed by atoms with van der Waals surface area (Å²) in [4.78, 5) is 16.9. The van der Waals surface area contributed by atoms with Gasteiger partial charge in [-0.15, -0.1) is 5.10 Å². The Labute approximate surface area is 138 Å². The SMILES string of the molecule is CCc1cc(=O)n2nc(Oc3cc(C)ccc3I)sc2n1. The largest absolute Gasteiger partial charge is 0.429 e. The fourth-order valence-corrected chi connectivity index (χ4v) is 3.08. The first-order chi connectivity index (χ1) is 10.1. The maximum absolute atomic E-state index is 12.0. The molecule has 5 nitrogen and oxygen atoms in total. The quantitative estimate of drug-likeness (QED) is 0.618. The van der Waals surface area contributed by atoms with Crippen molar-refractivity contribution >= 4 is 38.9 Å². The first-order valence-corrected chi connectivity index (χ1v) is 8.30. The van der Waals surface area contributed by atoms with E-state index in [9.17, 15) is 4.79 Å². The van der Waals surface area contributed by atoms with Crippen LogP contribution in [0.4, 0.5) is 0 Å². The van der Waals surface area contributed by atoms with Gasteiger partial charge in [0.25, 0.3) is 10.8 Å². The molecule has 0 aliphatic carbocycles. The van der Waals surface area contributed by atoms with Crippen LogP contribution >= 0.6 is 33.9 Å². The van der Waals surface area contributed by atoms with Crippen LogP contribution in [0.1, 0.15) is 18.2 Å². The van der Waals surface area contributed by atoms with Crippen molar-refractivity contribution in [2.45, 2.75) is 20.3 Å². The second kappa shape index (κ2) is 5.72. The Morgan fingerprint density at radius 3 is 2.95 bits per heavy atom. The third-order valence-electron chi connectivity index (χ3n) is 2.93. The minimum Gasteiger partial charge on any atom is -0.429 e. The number of aryl methyl sites for hydroxylation is 2. The highest BCUT2D eigenvalue weighted by Gasteiger charge is 2.11. The van der Waals surface area contributed by atoms with Gasteiger partial charge in [-0.1, -0.05) is 13.0 Å².